The summed E-state index contributed by atoms with van der Waals surface area (Å²) in [4.78, 5) is 10.8. The molecule has 0 aliphatic rings. The molecule has 1 atom stereocenters. The largest absolute Gasteiger partial charge is 0.481 e. The molecule has 0 aromatic heterocycles. The number of hydrogen-bond acceptors (Lipinski definition) is 2. The van der Waals surface area contributed by atoms with Gasteiger partial charge in [0.1, 0.15) is 0 Å². The molecule has 0 fully saturated rings. The van der Waals surface area contributed by atoms with Crippen molar-refractivity contribution in [1.29, 1.82) is 0 Å². The monoisotopic (exact) mass is 221 g/mol. The Hall–Kier alpha value is -1.35. The summed E-state index contributed by atoms with van der Waals surface area (Å²) in [5.41, 5.74) is 2.46. The Balaban J connectivity index is 2.41. The number of aryl methyl sites for hydroxylation is 1. The summed E-state index contributed by atoms with van der Waals surface area (Å²) in [5.74, 6) is -1.01. The van der Waals surface area contributed by atoms with E-state index in [2.05, 4.69) is 24.4 Å². The van der Waals surface area contributed by atoms with Gasteiger partial charge in [-0.3, -0.25) is 4.79 Å². The molecule has 2 N–H and O–H groups in total. The van der Waals surface area contributed by atoms with Crippen molar-refractivity contribution in [3.8, 4) is 0 Å². The van der Waals surface area contributed by atoms with Crippen molar-refractivity contribution in [2.75, 3.05) is 6.54 Å². The van der Waals surface area contributed by atoms with Crippen LogP contribution >= 0.6 is 0 Å². The lowest BCUT2D eigenvalue weighted by Gasteiger charge is -2.12. The molecule has 3 nitrogen and oxygen atoms in total. The van der Waals surface area contributed by atoms with E-state index < -0.39 is 5.97 Å². The van der Waals surface area contributed by atoms with E-state index in [4.69, 9.17) is 5.11 Å². The molecule has 1 aromatic rings. The number of carboxylic acids is 1. The zero-order valence-corrected chi connectivity index (χ0v) is 9.86. The van der Waals surface area contributed by atoms with Gasteiger partial charge in [-0.05, 0) is 24.5 Å². The van der Waals surface area contributed by atoms with Crippen LogP contribution in [0.15, 0.2) is 24.3 Å². The van der Waals surface area contributed by atoms with Gasteiger partial charge in [-0.15, -0.1) is 0 Å². The third-order valence-electron chi connectivity index (χ3n) is 2.81. The highest BCUT2D eigenvalue weighted by Gasteiger charge is 2.13. The van der Waals surface area contributed by atoms with Gasteiger partial charge in [0.15, 0.2) is 0 Å². The average Bonchev–Trinajstić information content (AvgIpc) is 2.26. The highest BCUT2D eigenvalue weighted by atomic mass is 16.4. The fourth-order valence-corrected chi connectivity index (χ4v) is 1.60. The van der Waals surface area contributed by atoms with Gasteiger partial charge in [-0.1, -0.05) is 31.2 Å². The number of nitrogens with one attached hydrogen (secondary N) is 1. The van der Waals surface area contributed by atoms with Crippen molar-refractivity contribution < 1.29 is 9.90 Å². The van der Waals surface area contributed by atoms with Gasteiger partial charge in [0, 0.05) is 13.1 Å². The minimum atomic E-state index is -0.722. The van der Waals surface area contributed by atoms with Crippen LogP contribution in [0.3, 0.4) is 0 Å². The van der Waals surface area contributed by atoms with Crippen LogP contribution in [-0.2, 0) is 11.3 Å². The maximum Gasteiger partial charge on any atom is 0.307 e. The Labute approximate surface area is 96.5 Å². The number of hydrogen-bond donors (Lipinski definition) is 2. The Kier molecular flexibility index (Phi) is 4.99. The fourth-order valence-electron chi connectivity index (χ4n) is 1.60. The van der Waals surface area contributed by atoms with Crippen molar-refractivity contribution in [3.05, 3.63) is 35.4 Å². The van der Waals surface area contributed by atoms with Crippen LogP contribution in [0.1, 0.15) is 24.5 Å². The smallest absolute Gasteiger partial charge is 0.307 e. The topological polar surface area (TPSA) is 49.3 Å². The Bertz CT molecular complexity index is 350. The summed E-state index contributed by atoms with van der Waals surface area (Å²) in [7, 11) is 0. The second kappa shape index (κ2) is 6.28. The van der Waals surface area contributed by atoms with E-state index >= 15 is 0 Å². The zero-order chi connectivity index (χ0) is 12.0. The van der Waals surface area contributed by atoms with Gasteiger partial charge in [-0.2, -0.15) is 0 Å². The molecule has 0 saturated heterocycles. The second-order valence-corrected chi connectivity index (χ2v) is 4.00. The SMILES string of the molecule is CCC(CNCc1ccccc1C)C(=O)O. The Morgan fingerprint density at radius 3 is 2.69 bits per heavy atom. The standard InChI is InChI=1S/C13H19NO2/c1-3-11(13(15)16)8-14-9-12-7-5-4-6-10(12)2/h4-7,11,14H,3,8-9H2,1-2H3,(H,15,16). The highest BCUT2D eigenvalue weighted by Crippen LogP contribution is 2.07. The highest BCUT2D eigenvalue weighted by molar-refractivity contribution is 5.70. The van der Waals surface area contributed by atoms with Gasteiger partial charge in [-0.25, -0.2) is 0 Å². The van der Waals surface area contributed by atoms with Gasteiger partial charge in [0.25, 0.3) is 0 Å². The molecular weight excluding hydrogens is 202 g/mol. The van der Waals surface area contributed by atoms with Crippen LogP contribution < -0.4 is 5.32 Å². The zero-order valence-electron chi connectivity index (χ0n) is 9.86. The minimum absolute atomic E-state index is 0.288. The van der Waals surface area contributed by atoms with Crippen LogP contribution in [-0.4, -0.2) is 17.6 Å². The lowest BCUT2D eigenvalue weighted by molar-refractivity contribution is -0.141. The van der Waals surface area contributed by atoms with Crippen LogP contribution in [0.5, 0.6) is 0 Å². The normalized spacial score (nSPS) is 12.4. The number of aliphatic carboxylic acids is 1. The lowest BCUT2D eigenvalue weighted by Crippen LogP contribution is -2.27. The molecule has 1 unspecified atom stereocenters. The maximum absolute atomic E-state index is 10.8. The molecule has 0 radical (unpaired) electrons. The van der Waals surface area contributed by atoms with Crippen molar-refractivity contribution in [3.63, 3.8) is 0 Å². The van der Waals surface area contributed by atoms with E-state index in [-0.39, 0.29) is 5.92 Å². The molecule has 0 aliphatic carbocycles. The van der Waals surface area contributed by atoms with Crippen molar-refractivity contribution >= 4 is 5.97 Å². The molecule has 0 spiro atoms. The molecule has 16 heavy (non-hydrogen) atoms. The van der Waals surface area contributed by atoms with Crippen LogP contribution in [0.25, 0.3) is 0 Å². The Morgan fingerprint density at radius 2 is 2.12 bits per heavy atom. The first-order valence-corrected chi connectivity index (χ1v) is 5.63. The summed E-state index contributed by atoms with van der Waals surface area (Å²) in [6.07, 6.45) is 0.663. The van der Waals surface area contributed by atoms with E-state index in [1.165, 1.54) is 11.1 Å². The molecular formula is C13H19NO2. The van der Waals surface area contributed by atoms with Crippen LogP contribution in [0, 0.1) is 12.8 Å². The van der Waals surface area contributed by atoms with E-state index in [0.29, 0.717) is 13.0 Å². The average molecular weight is 221 g/mol. The van der Waals surface area contributed by atoms with Crippen LogP contribution in [0.4, 0.5) is 0 Å². The summed E-state index contributed by atoms with van der Waals surface area (Å²) in [6.45, 7) is 5.22. The molecule has 0 saturated carbocycles. The number of carbonyl (C=O) groups is 1. The van der Waals surface area contributed by atoms with Crippen molar-refractivity contribution in [2.24, 2.45) is 5.92 Å². The predicted molar refractivity (Wildman–Crippen MR) is 64.3 cm³/mol. The van der Waals surface area contributed by atoms with E-state index in [1.807, 2.05) is 19.1 Å². The predicted octanol–water partition coefficient (Wildman–Crippen LogP) is 2.20. The van der Waals surface area contributed by atoms with Crippen molar-refractivity contribution in [1.82, 2.24) is 5.32 Å². The van der Waals surface area contributed by atoms with E-state index in [1.54, 1.807) is 0 Å². The van der Waals surface area contributed by atoms with E-state index in [9.17, 15) is 4.79 Å². The quantitative estimate of drug-likeness (QED) is 0.774. The molecule has 3 heteroatoms. The first-order chi connectivity index (χ1) is 7.65. The van der Waals surface area contributed by atoms with Gasteiger partial charge in [0.05, 0.1) is 5.92 Å². The first kappa shape index (κ1) is 12.7. The summed E-state index contributed by atoms with van der Waals surface area (Å²) in [5, 5.41) is 12.1. The number of rotatable bonds is 6. The van der Waals surface area contributed by atoms with Gasteiger partial charge < -0.3 is 10.4 Å². The minimum Gasteiger partial charge on any atom is -0.481 e. The first-order valence-electron chi connectivity index (χ1n) is 5.63. The molecule has 1 rings (SSSR count). The third kappa shape index (κ3) is 3.66. The van der Waals surface area contributed by atoms with Crippen LogP contribution in [0.2, 0.25) is 0 Å². The second-order valence-electron chi connectivity index (χ2n) is 4.00. The molecule has 0 amide bonds. The lowest BCUT2D eigenvalue weighted by atomic mass is 10.1. The molecule has 88 valence electrons. The summed E-state index contributed by atoms with van der Waals surface area (Å²) < 4.78 is 0. The summed E-state index contributed by atoms with van der Waals surface area (Å²) >= 11 is 0. The van der Waals surface area contributed by atoms with Gasteiger partial charge >= 0.3 is 5.97 Å². The molecule has 1 aromatic carbocycles. The molecule has 0 bridgehead atoms. The summed E-state index contributed by atoms with van der Waals surface area (Å²) in [6, 6.07) is 8.12. The molecule has 0 heterocycles. The van der Waals surface area contributed by atoms with Crippen molar-refractivity contribution in [2.45, 2.75) is 26.8 Å². The maximum atomic E-state index is 10.8. The third-order valence-corrected chi connectivity index (χ3v) is 2.81. The Morgan fingerprint density at radius 1 is 1.44 bits per heavy atom. The fraction of sp³-hybridized carbons (Fsp3) is 0.462. The van der Waals surface area contributed by atoms with E-state index in [0.717, 1.165) is 6.54 Å². The number of carboxylic acid groups (broad SMARTS) is 1. The number of benzene rings is 1. The van der Waals surface area contributed by atoms with Gasteiger partial charge in [0.2, 0.25) is 0 Å². The molecule has 0 aliphatic heterocycles.